The first-order chi connectivity index (χ1) is 3.93. The number of nitrogens with two attached hydrogens (primary N) is 1. The smallest absolute Gasteiger partial charge is 0.256 e. The summed E-state index contributed by atoms with van der Waals surface area (Å²) in [7, 11) is 0. The quantitative estimate of drug-likeness (QED) is 0.507. The van der Waals surface area contributed by atoms with Crippen molar-refractivity contribution in [3.8, 4) is 5.88 Å². The SMILES string of the molecule is NOc1cccnn1. The number of aromatic nitrogens is 2. The maximum atomic E-state index is 4.75. The Balaban J connectivity index is 2.83. The van der Waals surface area contributed by atoms with Gasteiger partial charge in [-0.3, -0.25) is 0 Å². The fourth-order valence-corrected chi connectivity index (χ4v) is 0.350. The van der Waals surface area contributed by atoms with Crippen LogP contribution in [0.4, 0.5) is 0 Å². The van der Waals surface area contributed by atoms with Crippen molar-refractivity contribution in [2.24, 2.45) is 5.90 Å². The molecule has 0 fully saturated rings. The topological polar surface area (TPSA) is 61.0 Å². The summed E-state index contributed by atoms with van der Waals surface area (Å²) in [6.07, 6.45) is 1.54. The lowest BCUT2D eigenvalue weighted by atomic mass is 10.6. The van der Waals surface area contributed by atoms with E-state index in [2.05, 4.69) is 15.0 Å². The second kappa shape index (κ2) is 2.23. The fourth-order valence-electron chi connectivity index (χ4n) is 0.350. The van der Waals surface area contributed by atoms with E-state index in [1.165, 1.54) is 0 Å². The van der Waals surface area contributed by atoms with Gasteiger partial charge in [0.1, 0.15) is 0 Å². The van der Waals surface area contributed by atoms with Crippen molar-refractivity contribution in [2.45, 2.75) is 0 Å². The summed E-state index contributed by atoms with van der Waals surface area (Å²) in [5, 5.41) is 7.00. The lowest BCUT2D eigenvalue weighted by Crippen LogP contribution is -2.03. The zero-order valence-electron chi connectivity index (χ0n) is 4.11. The first-order valence-corrected chi connectivity index (χ1v) is 2.08. The maximum absolute atomic E-state index is 4.75. The molecule has 2 N–H and O–H groups in total. The molecule has 0 amide bonds. The minimum Gasteiger partial charge on any atom is -0.390 e. The van der Waals surface area contributed by atoms with Crippen molar-refractivity contribution in [3.05, 3.63) is 18.3 Å². The van der Waals surface area contributed by atoms with E-state index >= 15 is 0 Å². The predicted molar refractivity (Wildman–Crippen MR) is 26.8 cm³/mol. The molecule has 0 aliphatic rings. The molecule has 0 saturated heterocycles. The molecule has 4 nitrogen and oxygen atoms in total. The highest BCUT2D eigenvalue weighted by atomic mass is 16.6. The molecule has 0 atom stereocenters. The van der Waals surface area contributed by atoms with Gasteiger partial charge in [0, 0.05) is 12.3 Å². The van der Waals surface area contributed by atoms with E-state index in [1.807, 2.05) is 0 Å². The van der Waals surface area contributed by atoms with Crippen molar-refractivity contribution in [1.82, 2.24) is 10.2 Å². The summed E-state index contributed by atoms with van der Waals surface area (Å²) in [5.41, 5.74) is 0. The van der Waals surface area contributed by atoms with Crippen LogP contribution in [0.2, 0.25) is 0 Å². The van der Waals surface area contributed by atoms with Gasteiger partial charge in [0.25, 0.3) is 5.88 Å². The van der Waals surface area contributed by atoms with E-state index < -0.39 is 0 Å². The second-order valence-electron chi connectivity index (χ2n) is 1.18. The molecule has 0 aliphatic carbocycles. The molecule has 0 bridgehead atoms. The number of rotatable bonds is 1. The minimum absolute atomic E-state index is 0.326. The Morgan fingerprint density at radius 3 is 2.88 bits per heavy atom. The summed E-state index contributed by atoms with van der Waals surface area (Å²) in [6, 6.07) is 3.31. The highest BCUT2D eigenvalue weighted by molar-refractivity contribution is 5.03. The second-order valence-corrected chi connectivity index (χ2v) is 1.18. The van der Waals surface area contributed by atoms with E-state index in [0.29, 0.717) is 5.88 Å². The molecule has 0 unspecified atom stereocenters. The molecule has 8 heavy (non-hydrogen) atoms. The highest BCUT2D eigenvalue weighted by Crippen LogP contribution is 1.96. The predicted octanol–water partition coefficient (Wildman–Crippen LogP) is -0.271. The molecule has 1 aromatic heterocycles. The molecule has 0 saturated carbocycles. The Hall–Kier alpha value is -1.16. The van der Waals surface area contributed by atoms with Crippen LogP contribution in [0.1, 0.15) is 0 Å². The van der Waals surface area contributed by atoms with Gasteiger partial charge < -0.3 is 4.84 Å². The minimum atomic E-state index is 0.326. The fraction of sp³-hybridized carbons (Fsp3) is 0. The van der Waals surface area contributed by atoms with Crippen LogP contribution in [0.3, 0.4) is 0 Å². The zero-order valence-corrected chi connectivity index (χ0v) is 4.11. The van der Waals surface area contributed by atoms with Crippen molar-refractivity contribution in [1.29, 1.82) is 0 Å². The lowest BCUT2D eigenvalue weighted by Gasteiger charge is -1.90. The average molecular weight is 111 g/mol. The number of hydrogen-bond acceptors (Lipinski definition) is 4. The lowest BCUT2D eigenvalue weighted by molar-refractivity contribution is 0.316. The van der Waals surface area contributed by atoms with Crippen LogP contribution in [-0.4, -0.2) is 10.2 Å². The van der Waals surface area contributed by atoms with Crippen LogP contribution in [0, 0.1) is 0 Å². The molecule has 1 aromatic rings. The van der Waals surface area contributed by atoms with E-state index in [4.69, 9.17) is 5.90 Å². The third-order valence-electron chi connectivity index (χ3n) is 0.669. The summed E-state index contributed by atoms with van der Waals surface area (Å²) in [6.45, 7) is 0. The summed E-state index contributed by atoms with van der Waals surface area (Å²) in [4.78, 5) is 4.24. The number of nitrogens with zero attached hydrogens (tertiary/aromatic N) is 2. The summed E-state index contributed by atoms with van der Waals surface area (Å²) in [5.74, 6) is 5.07. The average Bonchev–Trinajstić information content (AvgIpc) is 1.90. The molecule has 0 aromatic carbocycles. The van der Waals surface area contributed by atoms with Crippen molar-refractivity contribution >= 4 is 0 Å². The number of hydrogen-bond donors (Lipinski definition) is 1. The van der Waals surface area contributed by atoms with Gasteiger partial charge in [-0.15, -0.1) is 5.10 Å². The Bertz CT molecular complexity index is 153. The molecular weight excluding hydrogens is 106 g/mol. The first kappa shape index (κ1) is 4.99. The van der Waals surface area contributed by atoms with E-state index in [-0.39, 0.29) is 0 Å². The van der Waals surface area contributed by atoms with Gasteiger partial charge in [0.15, 0.2) is 0 Å². The standard InChI is InChI=1S/C4H5N3O/c5-8-4-2-1-3-6-7-4/h1-3H,5H2. The molecule has 4 heteroatoms. The van der Waals surface area contributed by atoms with Crippen LogP contribution >= 0.6 is 0 Å². The monoisotopic (exact) mass is 111 g/mol. The largest absolute Gasteiger partial charge is 0.390 e. The van der Waals surface area contributed by atoms with Crippen LogP contribution in [0.25, 0.3) is 0 Å². The Morgan fingerprint density at radius 2 is 2.50 bits per heavy atom. The van der Waals surface area contributed by atoms with Gasteiger partial charge in [-0.25, -0.2) is 0 Å². The summed E-state index contributed by atoms with van der Waals surface area (Å²) < 4.78 is 0. The summed E-state index contributed by atoms with van der Waals surface area (Å²) >= 11 is 0. The molecule has 1 heterocycles. The van der Waals surface area contributed by atoms with Gasteiger partial charge in [0.2, 0.25) is 0 Å². The Morgan fingerprint density at radius 1 is 1.62 bits per heavy atom. The van der Waals surface area contributed by atoms with Gasteiger partial charge in [0.05, 0.1) is 0 Å². The third-order valence-corrected chi connectivity index (χ3v) is 0.669. The van der Waals surface area contributed by atoms with Crippen LogP contribution < -0.4 is 10.7 Å². The van der Waals surface area contributed by atoms with E-state index in [0.717, 1.165) is 0 Å². The molecule has 0 radical (unpaired) electrons. The van der Waals surface area contributed by atoms with Crippen LogP contribution in [0.5, 0.6) is 5.88 Å². The molecular formula is C4H5N3O. The maximum Gasteiger partial charge on any atom is 0.256 e. The van der Waals surface area contributed by atoms with Crippen molar-refractivity contribution in [3.63, 3.8) is 0 Å². The van der Waals surface area contributed by atoms with Gasteiger partial charge >= 0.3 is 0 Å². The Kier molecular flexibility index (Phi) is 1.39. The molecule has 0 aliphatic heterocycles. The van der Waals surface area contributed by atoms with Crippen molar-refractivity contribution in [2.75, 3.05) is 0 Å². The van der Waals surface area contributed by atoms with E-state index in [1.54, 1.807) is 18.3 Å². The van der Waals surface area contributed by atoms with Gasteiger partial charge in [-0.1, -0.05) is 0 Å². The zero-order chi connectivity index (χ0) is 5.82. The van der Waals surface area contributed by atoms with Crippen molar-refractivity contribution < 1.29 is 4.84 Å². The van der Waals surface area contributed by atoms with Gasteiger partial charge in [-0.05, 0) is 6.07 Å². The first-order valence-electron chi connectivity index (χ1n) is 2.08. The van der Waals surface area contributed by atoms with E-state index in [9.17, 15) is 0 Å². The van der Waals surface area contributed by atoms with Gasteiger partial charge in [-0.2, -0.15) is 11.0 Å². The molecule has 42 valence electrons. The Labute approximate surface area is 46.2 Å². The third kappa shape index (κ3) is 0.913. The van der Waals surface area contributed by atoms with Crippen LogP contribution in [0.15, 0.2) is 18.3 Å². The normalized spacial score (nSPS) is 8.62. The van der Waals surface area contributed by atoms with Crippen LogP contribution in [-0.2, 0) is 0 Å². The molecule has 0 spiro atoms. The highest BCUT2D eigenvalue weighted by Gasteiger charge is 1.84. The molecule has 1 rings (SSSR count).